The zero-order valence-corrected chi connectivity index (χ0v) is 12.9. The number of alkyl carbamates (subject to hydrolysis) is 1. The maximum absolute atomic E-state index is 12.9. The van der Waals surface area contributed by atoms with Gasteiger partial charge in [-0.25, -0.2) is 4.79 Å². The van der Waals surface area contributed by atoms with Crippen molar-refractivity contribution in [1.29, 1.82) is 0 Å². The highest BCUT2D eigenvalue weighted by Gasteiger charge is 2.43. The van der Waals surface area contributed by atoms with Gasteiger partial charge in [0.1, 0.15) is 6.61 Å². The van der Waals surface area contributed by atoms with Gasteiger partial charge < -0.3 is 19.5 Å². The Morgan fingerprint density at radius 1 is 1.12 bits per heavy atom. The van der Waals surface area contributed by atoms with Crippen LogP contribution in [0.3, 0.4) is 0 Å². The second-order valence-corrected chi connectivity index (χ2v) is 5.05. The second kappa shape index (κ2) is 7.09. The van der Waals surface area contributed by atoms with Gasteiger partial charge in [-0.15, -0.1) is 8.78 Å². The molecule has 7 heteroatoms. The summed E-state index contributed by atoms with van der Waals surface area (Å²) < 4.78 is 39.5. The molecule has 2 aromatic rings. The van der Waals surface area contributed by atoms with Gasteiger partial charge in [-0.1, -0.05) is 42.2 Å². The normalized spacial score (nSPS) is 13.5. The summed E-state index contributed by atoms with van der Waals surface area (Å²) in [5.41, 5.74) is 1.33. The van der Waals surface area contributed by atoms with Crippen molar-refractivity contribution in [3.8, 4) is 23.3 Å². The summed E-state index contributed by atoms with van der Waals surface area (Å²) >= 11 is 0. The van der Waals surface area contributed by atoms with Gasteiger partial charge in [0.05, 0.1) is 6.54 Å². The third kappa shape index (κ3) is 4.61. The molecule has 1 aliphatic heterocycles. The fraction of sp³-hybridized carbons (Fsp3) is 0.167. The van der Waals surface area contributed by atoms with Gasteiger partial charge in [-0.2, -0.15) is 0 Å². The number of carbonyl (C=O) groups is 1. The Bertz CT molecular complexity index is 828. The van der Waals surface area contributed by atoms with Gasteiger partial charge in [-0.05, 0) is 17.7 Å². The Kier molecular flexibility index (Phi) is 4.70. The summed E-state index contributed by atoms with van der Waals surface area (Å²) in [6, 6.07) is 13.5. The van der Waals surface area contributed by atoms with E-state index in [-0.39, 0.29) is 24.7 Å². The van der Waals surface area contributed by atoms with Crippen LogP contribution >= 0.6 is 0 Å². The third-order valence-corrected chi connectivity index (χ3v) is 3.17. The molecule has 25 heavy (non-hydrogen) atoms. The molecule has 0 unspecified atom stereocenters. The summed E-state index contributed by atoms with van der Waals surface area (Å²) in [5.74, 6) is 5.31. The van der Waals surface area contributed by atoms with Gasteiger partial charge in [0.25, 0.3) is 0 Å². The predicted octanol–water partition coefficient (Wildman–Crippen LogP) is 3.29. The zero-order valence-electron chi connectivity index (χ0n) is 12.9. The molecule has 1 heterocycles. The Morgan fingerprint density at radius 3 is 2.68 bits per heavy atom. The van der Waals surface area contributed by atoms with Gasteiger partial charge in [0, 0.05) is 11.6 Å². The van der Waals surface area contributed by atoms with Crippen LogP contribution in [-0.2, 0) is 11.3 Å². The van der Waals surface area contributed by atoms with Crippen LogP contribution in [0.15, 0.2) is 48.5 Å². The van der Waals surface area contributed by atoms with Crippen LogP contribution in [0.4, 0.5) is 13.6 Å². The number of hydrogen-bond donors (Lipinski definition) is 1. The number of rotatable bonds is 3. The fourth-order valence-electron chi connectivity index (χ4n) is 2.06. The van der Waals surface area contributed by atoms with E-state index in [1.54, 1.807) is 0 Å². The number of fused-ring (bicyclic) bond motifs is 1. The molecule has 128 valence electrons. The molecule has 0 radical (unpaired) electrons. The molecule has 0 saturated carbocycles. The molecule has 0 fully saturated rings. The summed E-state index contributed by atoms with van der Waals surface area (Å²) in [4.78, 5) is 11.5. The molecule has 0 aliphatic carbocycles. The van der Waals surface area contributed by atoms with Crippen molar-refractivity contribution < 1.29 is 27.8 Å². The molecule has 3 rings (SSSR count). The van der Waals surface area contributed by atoms with E-state index in [1.165, 1.54) is 18.2 Å². The summed E-state index contributed by atoms with van der Waals surface area (Å²) in [7, 11) is 0. The number of carbonyl (C=O) groups excluding carboxylic acids is 1. The van der Waals surface area contributed by atoms with E-state index < -0.39 is 12.4 Å². The van der Waals surface area contributed by atoms with Gasteiger partial charge in [0.15, 0.2) is 11.5 Å². The lowest BCUT2D eigenvalue weighted by molar-refractivity contribution is -0.286. The third-order valence-electron chi connectivity index (χ3n) is 3.17. The summed E-state index contributed by atoms with van der Waals surface area (Å²) in [6.07, 6.45) is -4.25. The van der Waals surface area contributed by atoms with E-state index in [0.29, 0.717) is 5.56 Å². The van der Waals surface area contributed by atoms with E-state index in [1.807, 2.05) is 30.3 Å². The molecule has 1 N–H and O–H groups in total. The fourth-order valence-corrected chi connectivity index (χ4v) is 2.06. The zero-order chi connectivity index (χ0) is 17.7. The average Bonchev–Trinajstić information content (AvgIpc) is 2.91. The molecule has 5 nitrogen and oxygen atoms in total. The highest BCUT2D eigenvalue weighted by Crippen LogP contribution is 2.40. The van der Waals surface area contributed by atoms with Crippen molar-refractivity contribution >= 4 is 6.09 Å². The average molecular weight is 345 g/mol. The number of ether oxygens (including phenoxy) is 3. The lowest BCUT2D eigenvalue weighted by Gasteiger charge is -2.04. The Balaban J connectivity index is 1.46. The first kappa shape index (κ1) is 16.6. The molecular weight excluding hydrogens is 332 g/mol. The first-order valence-electron chi connectivity index (χ1n) is 7.35. The standard InChI is InChI=1S/C18H13F2NO4/c19-18(20)24-15-9-8-13(11-16(15)25-18)7-4-10-21-17(22)23-12-14-5-2-1-3-6-14/h1-3,5-6,8-9,11H,10,12H2,(H,21,22). The van der Waals surface area contributed by atoms with Crippen LogP contribution in [0.2, 0.25) is 0 Å². The minimum atomic E-state index is -3.65. The summed E-state index contributed by atoms with van der Waals surface area (Å²) in [6.45, 7) is 0.217. The van der Waals surface area contributed by atoms with Crippen molar-refractivity contribution in [3.63, 3.8) is 0 Å². The topological polar surface area (TPSA) is 56.8 Å². The summed E-state index contributed by atoms with van der Waals surface area (Å²) in [5, 5.41) is 2.48. The predicted molar refractivity (Wildman–Crippen MR) is 84.2 cm³/mol. The number of amides is 1. The van der Waals surface area contributed by atoms with E-state index in [2.05, 4.69) is 26.6 Å². The number of nitrogens with one attached hydrogen (secondary N) is 1. The largest absolute Gasteiger partial charge is 0.586 e. The first-order chi connectivity index (χ1) is 12.0. The van der Waals surface area contributed by atoms with Crippen molar-refractivity contribution in [2.45, 2.75) is 12.9 Å². The van der Waals surface area contributed by atoms with Crippen molar-refractivity contribution in [2.75, 3.05) is 6.54 Å². The highest BCUT2D eigenvalue weighted by molar-refractivity contribution is 5.67. The minimum Gasteiger partial charge on any atom is -0.445 e. The van der Waals surface area contributed by atoms with Crippen molar-refractivity contribution in [1.82, 2.24) is 5.32 Å². The second-order valence-electron chi connectivity index (χ2n) is 5.05. The van der Waals surface area contributed by atoms with E-state index in [0.717, 1.165) is 5.56 Å². The molecule has 0 aromatic heterocycles. The number of halogens is 2. The Labute approximate surface area is 142 Å². The van der Waals surface area contributed by atoms with E-state index in [9.17, 15) is 13.6 Å². The molecule has 1 amide bonds. The van der Waals surface area contributed by atoms with Crippen LogP contribution in [0.1, 0.15) is 11.1 Å². The molecule has 1 aliphatic rings. The monoisotopic (exact) mass is 345 g/mol. The quantitative estimate of drug-likeness (QED) is 0.868. The van der Waals surface area contributed by atoms with E-state index in [4.69, 9.17) is 4.74 Å². The van der Waals surface area contributed by atoms with Crippen molar-refractivity contribution in [3.05, 3.63) is 59.7 Å². The molecule has 2 aromatic carbocycles. The highest BCUT2D eigenvalue weighted by atomic mass is 19.3. The van der Waals surface area contributed by atoms with E-state index >= 15 is 0 Å². The maximum atomic E-state index is 12.9. The van der Waals surface area contributed by atoms with Gasteiger partial charge >= 0.3 is 12.4 Å². The lowest BCUT2D eigenvalue weighted by atomic mass is 10.2. The van der Waals surface area contributed by atoms with Crippen LogP contribution in [0, 0.1) is 11.8 Å². The Hall–Kier alpha value is -3.27. The molecule has 0 bridgehead atoms. The van der Waals surface area contributed by atoms with Crippen LogP contribution in [-0.4, -0.2) is 18.9 Å². The molecule has 0 atom stereocenters. The smallest absolute Gasteiger partial charge is 0.445 e. The van der Waals surface area contributed by atoms with Crippen LogP contribution in [0.25, 0.3) is 0 Å². The lowest BCUT2D eigenvalue weighted by Crippen LogP contribution is -2.25. The molecular formula is C18H13F2NO4. The van der Waals surface area contributed by atoms with Crippen LogP contribution < -0.4 is 14.8 Å². The molecule has 0 saturated heterocycles. The SMILES string of the molecule is O=C(NCC#Cc1ccc2c(c1)OC(F)(F)O2)OCc1ccccc1. The minimum absolute atomic E-state index is 0.0434. The van der Waals surface area contributed by atoms with Gasteiger partial charge in [0.2, 0.25) is 0 Å². The van der Waals surface area contributed by atoms with Gasteiger partial charge in [-0.3, -0.25) is 0 Å². The number of alkyl halides is 2. The van der Waals surface area contributed by atoms with Crippen molar-refractivity contribution in [2.24, 2.45) is 0 Å². The first-order valence-corrected chi connectivity index (χ1v) is 7.35. The number of benzene rings is 2. The number of hydrogen-bond acceptors (Lipinski definition) is 4. The molecule has 0 spiro atoms. The maximum Gasteiger partial charge on any atom is 0.586 e. The van der Waals surface area contributed by atoms with Crippen LogP contribution in [0.5, 0.6) is 11.5 Å². The Morgan fingerprint density at radius 2 is 1.88 bits per heavy atom.